The molecule has 0 fully saturated rings. The molecule has 0 radical (unpaired) electrons. The van der Waals surface area contributed by atoms with Gasteiger partial charge in [0.2, 0.25) is 0 Å². The molecule has 0 spiro atoms. The van der Waals surface area contributed by atoms with Crippen molar-refractivity contribution in [2.45, 2.75) is 71.1 Å². The van der Waals surface area contributed by atoms with Crippen molar-refractivity contribution in [1.82, 2.24) is 0 Å². The molecular formula is C23H34O2. The number of unbranched alkanes of at least 4 members (excludes halogenated alkanes) is 5. The fraction of sp³-hybridized carbons (Fsp3) is 0.478. The van der Waals surface area contributed by atoms with E-state index in [0.717, 1.165) is 44.1 Å². The monoisotopic (exact) mass is 342 g/mol. The Morgan fingerprint density at radius 2 is 1.40 bits per heavy atom. The Labute approximate surface area is 153 Å². The van der Waals surface area contributed by atoms with Crippen molar-refractivity contribution < 1.29 is 10.2 Å². The SMILES string of the molecule is CC/C=C/C/C=C/C/C=C/CCCCCCCc1cccc(O)c1O. The van der Waals surface area contributed by atoms with Gasteiger partial charge in [-0.25, -0.2) is 0 Å². The van der Waals surface area contributed by atoms with E-state index in [1.165, 1.54) is 31.7 Å². The molecule has 138 valence electrons. The highest BCUT2D eigenvalue weighted by molar-refractivity contribution is 5.44. The van der Waals surface area contributed by atoms with Crippen LogP contribution in [0.2, 0.25) is 0 Å². The molecule has 0 atom stereocenters. The quantitative estimate of drug-likeness (QED) is 0.234. The Bertz CT molecular complexity index is 541. The number of phenolic OH excluding ortho intramolecular Hbond substituents is 2. The van der Waals surface area contributed by atoms with Crippen LogP contribution in [0.1, 0.15) is 70.3 Å². The second kappa shape index (κ2) is 14.4. The lowest BCUT2D eigenvalue weighted by Crippen LogP contribution is -1.87. The first kappa shape index (κ1) is 21.1. The van der Waals surface area contributed by atoms with Crippen LogP contribution in [0, 0.1) is 0 Å². The lowest BCUT2D eigenvalue weighted by molar-refractivity contribution is 0.398. The number of aryl methyl sites for hydroxylation is 1. The Morgan fingerprint density at radius 3 is 2.16 bits per heavy atom. The summed E-state index contributed by atoms with van der Waals surface area (Å²) in [4.78, 5) is 0. The molecule has 2 N–H and O–H groups in total. The molecule has 0 aliphatic rings. The van der Waals surface area contributed by atoms with Gasteiger partial charge in [0.25, 0.3) is 0 Å². The average Bonchev–Trinajstić information content (AvgIpc) is 2.61. The zero-order valence-electron chi connectivity index (χ0n) is 15.7. The fourth-order valence-corrected chi connectivity index (χ4v) is 2.71. The van der Waals surface area contributed by atoms with Crippen molar-refractivity contribution >= 4 is 0 Å². The standard InChI is InChI=1S/C23H34O2/c1-2-3-4-5-6-7-8-9-10-11-12-13-14-15-16-18-21-19-17-20-22(24)23(21)25/h3-4,6-7,9-10,17,19-20,24-25H,2,5,8,11-16,18H2,1H3/b4-3+,7-6+,10-9+. The van der Waals surface area contributed by atoms with Gasteiger partial charge in [-0.3, -0.25) is 0 Å². The highest BCUT2D eigenvalue weighted by Crippen LogP contribution is 2.29. The highest BCUT2D eigenvalue weighted by atomic mass is 16.3. The van der Waals surface area contributed by atoms with Crippen LogP contribution in [-0.4, -0.2) is 10.2 Å². The van der Waals surface area contributed by atoms with Gasteiger partial charge in [0.15, 0.2) is 11.5 Å². The topological polar surface area (TPSA) is 40.5 Å². The summed E-state index contributed by atoms with van der Waals surface area (Å²) >= 11 is 0. The first-order valence-corrected chi connectivity index (χ1v) is 9.70. The molecule has 2 nitrogen and oxygen atoms in total. The van der Waals surface area contributed by atoms with Gasteiger partial charge >= 0.3 is 0 Å². The Morgan fingerprint density at radius 1 is 0.760 bits per heavy atom. The number of rotatable bonds is 13. The number of phenols is 2. The van der Waals surface area contributed by atoms with Crippen LogP contribution in [-0.2, 0) is 6.42 Å². The second-order valence-electron chi connectivity index (χ2n) is 6.39. The van der Waals surface area contributed by atoms with Gasteiger partial charge in [-0.2, -0.15) is 0 Å². The van der Waals surface area contributed by atoms with E-state index in [9.17, 15) is 10.2 Å². The second-order valence-corrected chi connectivity index (χ2v) is 6.39. The number of benzene rings is 1. The van der Waals surface area contributed by atoms with E-state index in [-0.39, 0.29) is 11.5 Å². The molecule has 1 rings (SSSR count). The van der Waals surface area contributed by atoms with Crippen LogP contribution in [0.3, 0.4) is 0 Å². The molecular weight excluding hydrogens is 308 g/mol. The molecule has 0 unspecified atom stereocenters. The van der Waals surface area contributed by atoms with Crippen molar-refractivity contribution in [3.8, 4) is 11.5 Å². The lowest BCUT2D eigenvalue weighted by Gasteiger charge is -2.05. The van der Waals surface area contributed by atoms with E-state index in [2.05, 4.69) is 43.4 Å². The molecule has 0 bridgehead atoms. The third kappa shape index (κ3) is 10.5. The maximum atomic E-state index is 9.75. The van der Waals surface area contributed by atoms with E-state index in [4.69, 9.17) is 0 Å². The largest absolute Gasteiger partial charge is 0.504 e. The Hall–Kier alpha value is -1.96. The number of allylic oxidation sites excluding steroid dienone is 6. The summed E-state index contributed by atoms with van der Waals surface area (Å²) in [6.45, 7) is 2.16. The molecule has 0 saturated carbocycles. The van der Waals surface area contributed by atoms with E-state index in [0.29, 0.717) is 0 Å². The first-order valence-electron chi connectivity index (χ1n) is 9.70. The third-order valence-electron chi connectivity index (χ3n) is 4.20. The molecule has 1 aromatic rings. The lowest BCUT2D eigenvalue weighted by atomic mass is 10.0. The zero-order chi connectivity index (χ0) is 18.2. The maximum Gasteiger partial charge on any atom is 0.160 e. The molecule has 0 amide bonds. The van der Waals surface area contributed by atoms with Crippen LogP contribution >= 0.6 is 0 Å². The van der Waals surface area contributed by atoms with E-state index < -0.39 is 0 Å². The van der Waals surface area contributed by atoms with Crippen LogP contribution in [0.15, 0.2) is 54.7 Å². The molecule has 25 heavy (non-hydrogen) atoms. The van der Waals surface area contributed by atoms with Gasteiger partial charge in [-0.15, -0.1) is 0 Å². The average molecular weight is 343 g/mol. The maximum absolute atomic E-state index is 9.75. The van der Waals surface area contributed by atoms with Crippen LogP contribution in [0.5, 0.6) is 11.5 Å². The highest BCUT2D eigenvalue weighted by Gasteiger charge is 2.04. The van der Waals surface area contributed by atoms with Crippen molar-refractivity contribution in [2.75, 3.05) is 0 Å². The Kier molecular flexibility index (Phi) is 12.1. The first-order chi connectivity index (χ1) is 12.3. The zero-order valence-corrected chi connectivity index (χ0v) is 15.7. The summed E-state index contributed by atoms with van der Waals surface area (Å²) in [6.07, 6.45) is 24.6. The normalized spacial score (nSPS) is 12.0. The van der Waals surface area contributed by atoms with Crippen molar-refractivity contribution in [3.63, 3.8) is 0 Å². The predicted octanol–water partition coefficient (Wildman–Crippen LogP) is 6.84. The van der Waals surface area contributed by atoms with Gasteiger partial charge in [0, 0.05) is 0 Å². The third-order valence-corrected chi connectivity index (χ3v) is 4.20. The van der Waals surface area contributed by atoms with Gasteiger partial charge in [-0.1, -0.05) is 74.8 Å². The number of hydrogen-bond acceptors (Lipinski definition) is 2. The van der Waals surface area contributed by atoms with Crippen molar-refractivity contribution in [2.24, 2.45) is 0 Å². The number of aromatic hydroxyl groups is 2. The molecule has 0 aliphatic carbocycles. The summed E-state index contributed by atoms with van der Waals surface area (Å²) in [5.74, 6) is 0.0274. The minimum Gasteiger partial charge on any atom is -0.504 e. The predicted molar refractivity (Wildman–Crippen MR) is 108 cm³/mol. The molecule has 0 saturated heterocycles. The minimum atomic E-state index is -0.0171. The summed E-state index contributed by atoms with van der Waals surface area (Å²) in [6, 6.07) is 5.19. The minimum absolute atomic E-state index is 0.0171. The fourth-order valence-electron chi connectivity index (χ4n) is 2.71. The van der Waals surface area contributed by atoms with Gasteiger partial charge < -0.3 is 10.2 Å². The summed E-state index contributed by atoms with van der Waals surface area (Å²) in [7, 11) is 0. The summed E-state index contributed by atoms with van der Waals surface area (Å²) in [5, 5.41) is 19.2. The molecule has 2 heteroatoms. The number of para-hydroxylation sites is 1. The van der Waals surface area contributed by atoms with Crippen LogP contribution in [0.4, 0.5) is 0 Å². The molecule has 1 aromatic carbocycles. The van der Waals surface area contributed by atoms with E-state index >= 15 is 0 Å². The van der Waals surface area contributed by atoms with Crippen LogP contribution in [0.25, 0.3) is 0 Å². The molecule has 0 aliphatic heterocycles. The molecule has 0 heterocycles. The van der Waals surface area contributed by atoms with Gasteiger partial charge in [-0.05, 0) is 56.6 Å². The van der Waals surface area contributed by atoms with Gasteiger partial charge in [0.1, 0.15) is 0 Å². The van der Waals surface area contributed by atoms with Crippen molar-refractivity contribution in [1.29, 1.82) is 0 Å². The van der Waals surface area contributed by atoms with Gasteiger partial charge in [0.05, 0.1) is 0 Å². The van der Waals surface area contributed by atoms with Crippen molar-refractivity contribution in [3.05, 3.63) is 60.2 Å². The smallest absolute Gasteiger partial charge is 0.160 e. The Balaban J connectivity index is 1.96. The van der Waals surface area contributed by atoms with E-state index in [1.54, 1.807) is 6.07 Å². The summed E-state index contributed by atoms with van der Waals surface area (Å²) < 4.78 is 0. The molecule has 0 aromatic heterocycles. The van der Waals surface area contributed by atoms with Crippen LogP contribution < -0.4 is 0 Å². The van der Waals surface area contributed by atoms with E-state index in [1.807, 2.05) is 6.07 Å². The number of hydrogen-bond donors (Lipinski definition) is 2. The summed E-state index contributed by atoms with van der Waals surface area (Å²) in [5.41, 5.74) is 0.848.